The van der Waals surface area contributed by atoms with Gasteiger partial charge >= 0.3 is 11.8 Å². The highest BCUT2D eigenvalue weighted by Crippen LogP contribution is 2.25. The molecule has 0 radical (unpaired) electrons. The highest BCUT2D eigenvalue weighted by atomic mass is 32.2. The summed E-state index contributed by atoms with van der Waals surface area (Å²) in [4.78, 5) is 23.5. The van der Waals surface area contributed by atoms with E-state index in [2.05, 4.69) is 10.6 Å². The Morgan fingerprint density at radius 1 is 1.36 bits per heavy atom. The van der Waals surface area contributed by atoms with Crippen LogP contribution >= 0.6 is 11.3 Å². The maximum absolute atomic E-state index is 12.7. The molecule has 2 rings (SSSR count). The summed E-state index contributed by atoms with van der Waals surface area (Å²) in [5.74, 6) is -1.31. The van der Waals surface area contributed by atoms with Crippen LogP contribution in [0, 0.1) is 5.92 Å². The molecule has 2 N–H and O–H groups in total. The summed E-state index contributed by atoms with van der Waals surface area (Å²) in [5.41, 5.74) is 0. The first-order valence-electron chi connectivity index (χ1n) is 8.05. The molecule has 1 atom stereocenters. The number of rotatable bonds is 6. The summed E-state index contributed by atoms with van der Waals surface area (Å²) in [7, 11) is -3.68. The molecule has 0 aromatic carbocycles. The normalized spacial score (nSPS) is 18.9. The Hall–Kier alpha value is -1.49. The lowest BCUT2D eigenvalue weighted by Crippen LogP contribution is -2.53. The summed E-state index contributed by atoms with van der Waals surface area (Å²) < 4.78 is 32.3. The Kier molecular flexibility index (Phi) is 6.94. The molecule has 0 bridgehead atoms. The van der Waals surface area contributed by atoms with E-state index in [-0.39, 0.29) is 16.7 Å². The van der Waals surface area contributed by atoms with Crippen LogP contribution in [0.15, 0.2) is 21.7 Å². The van der Waals surface area contributed by atoms with Gasteiger partial charge in [0.05, 0.1) is 13.2 Å². The van der Waals surface area contributed by atoms with Crippen LogP contribution in [-0.2, 0) is 24.3 Å². The Morgan fingerprint density at radius 2 is 2.08 bits per heavy atom. The van der Waals surface area contributed by atoms with Gasteiger partial charge in [0.25, 0.3) is 10.0 Å². The van der Waals surface area contributed by atoms with E-state index in [0.29, 0.717) is 26.1 Å². The van der Waals surface area contributed by atoms with Crippen molar-refractivity contribution in [2.45, 2.75) is 30.7 Å². The second kappa shape index (κ2) is 8.75. The number of thiophene rings is 1. The third kappa shape index (κ3) is 5.24. The smallest absolute Gasteiger partial charge is 0.309 e. The maximum atomic E-state index is 12.7. The van der Waals surface area contributed by atoms with E-state index in [1.54, 1.807) is 11.4 Å². The summed E-state index contributed by atoms with van der Waals surface area (Å²) in [6.07, 6.45) is -0.257. The van der Waals surface area contributed by atoms with Crippen LogP contribution in [0.3, 0.4) is 0 Å². The van der Waals surface area contributed by atoms with Gasteiger partial charge in [-0.15, -0.1) is 11.3 Å². The third-order valence-electron chi connectivity index (χ3n) is 3.53. The van der Waals surface area contributed by atoms with Crippen LogP contribution in [0.25, 0.3) is 0 Å². The minimum Gasteiger partial charge on any atom is -0.360 e. The predicted octanol–water partition coefficient (Wildman–Crippen LogP) is 0.374. The molecular formula is C15H23N3O5S2. The van der Waals surface area contributed by atoms with Crippen LogP contribution in [0.4, 0.5) is 0 Å². The molecule has 1 aromatic rings. The second-order valence-electron chi connectivity index (χ2n) is 6.04. The number of hydrogen-bond donors (Lipinski definition) is 2. The lowest BCUT2D eigenvalue weighted by Gasteiger charge is -2.34. The Balaban J connectivity index is 1.97. The summed E-state index contributed by atoms with van der Waals surface area (Å²) >= 11 is 1.13. The van der Waals surface area contributed by atoms with E-state index in [1.807, 2.05) is 13.8 Å². The standard InChI is InChI=1S/C15H23N3O5S2/c1-11(2)9-16-14(19)15(20)17-10-12-18(6-4-7-23-12)25(21,22)13-5-3-8-24-13/h3,5,8,11-12H,4,6-7,9-10H2,1-2H3,(H,16,19)(H,17,20)/t12-/m0/s1. The first-order valence-corrected chi connectivity index (χ1v) is 10.4. The quantitative estimate of drug-likeness (QED) is 0.684. The molecule has 0 aliphatic carbocycles. The van der Waals surface area contributed by atoms with Crippen molar-refractivity contribution >= 4 is 33.2 Å². The van der Waals surface area contributed by atoms with E-state index in [1.165, 1.54) is 10.4 Å². The predicted molar refractivity (Wildman–Crippen MR) is 93.4 cm³/mol. The fourth-order valence-corrected chi connectivity index (χ4v) is 4.95. The second-order valence-corrected chi connectivity index (χ2v) is 9.11. The fraction of sp³-hybridized carbons (Fsp3) is 0.600. The molecule has 0 spiro atoms. The van der Waals surface area contributed by atoms with Gasteiger partial charge in [-0.25, -0.2) is 8.42 Å². The van der Waals surface area contributed by atoms with Crippen molar-refractivity contribution in [2.75, 3.05) is 26.2 Å². The van der Waals surface area contributed by atoms with Crippen molar-refractivity contribution in [3.63, 3.8) is 0 Å². The minimum absolute atomic E-state index is 0.0848. The minimum atomic E-state index is -3.68. The van der Waals surface area contributed by atoms with Gasteiger partial charge in [0, 0.05) is 13.1 Å². The summed E-state index contributed by atoms with van der Waals surface area (Å²) in [6.45, 7) is 4.85. The molecule has 1 aliphatic rings. The van der Waals surface area contributed by atoms with E-state index in [4.69, 9.17) is 4.74 Å². The first-order chi connectivity index (χ1) is 11.8. The van der Waals surface area contributed by atoms with E-state index >= 15 is 0 Å². The number of hydrogen-bond acceptors (Lipinski definition) is 6. The fourth-order valence-electron chi connectivity index (χ4n) is 2.27. The van der Waals surface area contributed by atoms with Crippen LogP contribution in [-0.4, -0.2) is 57.0 Å². The van der Waals surface area contributed by atoms with Gasteiger partial charge in [-0.05, 0) is 23.8 Å². The van der Waals surface area contributed by atoms with Crippen molar-refractivity contribution in [3.05, 3.63) is 17.5 Å². The third-order valence-corrected chi connectivity index (χ3v) is 6.79. The molecule has 2 amide bonds. The topological polar surface area (TPSA) is 105 Å². The Bertz CT molecular complexity index is 688. The number of nitrogens with one attached hydrogen (secondary N) is 2. The molecule has 10 heteroatoms. The van der Waals surface area contributed by atoms with E-state index in [9.17, 15) is 18.0 Å². The molecule has 1 aromatic heterocycles. The zero-order valence-corrected chi connectivity index (χ0v) is 15.9. The molecular weight excluding hydrogens is 366 g/mol. The summed E-state index contributed by atoms with van der Waals surface area (Å²) in [5, 5.41) is 6.64. The molecule has 1 saturated heterocycles. The highest BCUT2D eigenvalue weighted by molar-refractivity contribution is 7.91. The molecule has 0 unspecified atom stereocenters. The van der Waals surface area contributed by atoms with Crippen molar-refractivity contribution < 1.29 is 22.7 Å². The van der Waals surface area contributed by atoms with Gasteiger partial charge in [-0.3, -0.25) is 9.59 Å². The van der Waals surface area contributed by atoms with Crippen molar-refractivity contribution in [2.24, 2.45) is 5.92 Å². The van der Waals surface area contributed by atoms with Gasteiger partial charge in [0.1, 0.15) is 10.4 Å². The number of nitrogens with zero attached hydrogens (tertiary/aromatic N) is 1. The van der Waals surface area contributed by atoms with Crippen LogP contribution in [0.1, 0.15) is 20.3 Å². The summed E-state index contributed by atoms with van der Waals surface area (Å²) in [6, 6.07) is 3.20. The first kappa shape index (κ1) is 19.8. The molecule has 8 nitrogen and oxygen atoms in total. The Morgan fingerprint density at radius 3 is 2.72 bits per heavy atom. The highest BCUT2D eigenvalue weighted by Gasteiger charge is 2.35. The van der Waals surface area contributed by atoms with Crippen LogP contribution in [0.5, 0.6) is 0 Å². The van der Waals surface area contributed by atoms with Gasteiger partial charge in [-0.1, -0.05) is 19.9 Å². The lowest BCUT2D eigenvalue weighted by atomic mass is 10.2. The Labute approximate surface area is 151 Å². The molecule has 140 valence electrons. The molecule has 2 heterocycles. The average Bonchev–Trinajstić information content (AvgIpc) is 3.13. The average molecular weight is 389 g/mol. The monoisotopic (exact) mass is 389 g/mol. The maximum Gasteiger partial charge on any atom is 0.309 e. The zero-order chi connectivity index (χ0) is 18.4. The van der Waals surface area contributed by atoms with Gasteiger partial charge in [-0.2, -0.15) is 4.31 Å². The number of amides is 2. The van der Waals surface area contributed by atoms with E-state index < -0.39 is 28.1 Å². The van der Waals surface area contributed by atoms with Gasteiger partial charge < -0.3 is 15.4 Å². The molecule has 0 saturated carbocycles. The van der Waals surface area contributed by atoms with Crippen molar-refractivity contribution in [1.29, 1.82) is 0 Å². The van der Waals surface area contributed by atoms with Crippen LogP contribution in [0.2, 0.25) is 0 Å². The van der Waals surface area contributed by atoms with Gasteiger partial charge in [0.15, 0.2) is 0 Å². The van der Waals surface area contributed by atoms with Crippen LogP contribution < -0.4 is 10.6 Å². The van der Waals surface area contributed by atoms with Crippen molar-refractivity contribution in [1.82, 2.24) is 14.9 Å². The number of carbonyl (C=O) groups is 2. The lowest BCUT2D eigenvalue weighted by molar-refractivity contribution is -0.140. The molecule has 1 aliphatic heterocycles. The zero-order valence-electron chi connectivity index (χ0n) is 14.2. The van der Waals surface area contributed by atoms with Crippen molar-refractivity contribution in [3.8, 4) is 0 Å². The largest absolute Gasteiger partial charge is 0.360 e. The molecule has 25 heavy (non-hydrogen) atoms. The number of carbonyl (C=O) groups excluding carboxylic acids is 2. The molecule has 1 fully saturated rings. The number of sulfonamides is 1. The SMILES string of the molecule is CC(C)CNC(=O)C(=O)NC[C@@H]1OCCCN1S(=O)(=O)c1cccs1. The van der Waals surface area contributed by atoms with Gasteiger partial charge in [0.2, 0.25) is 0 Å². The number of ether oxygens (including phenoxy) is 1. The van der Waals surface area contributed by atoms with E-state index in [0.717, 1.165) is 11.3 Å².